The third kappa shape index (κ3) is 5.29. The van der Waals surface area contributed by atoms with Crippen molar-refractivity contribution in [3.8, 4) is 5.88 Å². The van der Waals surface area contributed by atoms with Crippen LogP contribution in [-0.2, 0) is 4.74 Å². The minimum Gasteiger partial charge on any atom is -0.477 e. The monoisotopic (exact) mass is 472 g/mol. The minimum absolute atomic E-state index is 0.127. The van der Waals surface area contributed by atoms with Crippen LogP contribution in [0.4, 0.5) is 4.79 Å². The Kier molecular flexibility index (Phi) is 6.39. The fraction of sp³-hybridized carbons (Fsp3) is 0.760. The molecule has 9 nitrogen and oxygen atoms in total. The summed E-state index contributed by atoms with van der Waals surface area (Å²) in [6, 6.07) is 0. The Morgan fingerprint density at radius 3 is 2.47 bits per heavy atom. The van der Waals surface area contributed by atoms with Gasteiger partial charge in [-0.15, -0.1) is 0 Å². The van der Waals surface area contributed by atoms with Crippen molar-refractivity contribution in [2.24, 2.45) is 11.3 Å². The second-order valence-electron chi connectivity index (χ2n) is 11.0. The lowest BCUT2D eigenvalue weighted by molar-refractivity contribution is -0.0232. The van der Waals surface area contributed by atoms with Gasteiger partial charge in [-0.3, -0.25) is 4.79 Å². The molecule has 9 heteroatoms. The maximum absolute atomic E-state index is 12.4. The number of amides is 2. The first-order valence-corrected chi connectivity index (χ1v) is 12.7. The topological polar surface area (TPSA) is 105 Å². The van der Waals surface area contributed by atoms with Gasteiger partial charge in [0.1, 0.15) is 11.3 Å². The molecule has 1 spiro atoms. The van der Waals surface area contributed by atoms with E-state index in [1.165, 1.54) is 25.2 Å². The van der Waals surface area contributed by atoms with Crippen molar-refractivity contribution in [2.45, 2.75) is 76.4 Å². The number of hydrogen-bond donors (Lipinski definition) is 1. The van der Waals surface area contributed by atoms with Gasteiger partial charge >= 0.3 is 6.09 Å². The average Bonchev–Trinajstić information content (AvgIpc) is 3.37. The van der Waals surface area contributed by atoms with E-state index in [2.05, 4.69) is 9.97 Å². The van der Waals surface area contributed by atoms with Gasteiger partial charge in [0, 0.05) is 26.2 Å². The summed E-state index contributed by atoms with van der Waals surface area (Å²) in [4.78, 5) is 36.6. The lowest BCUT2D eigenvalue weighted by Gasteiger charge is -2.52. The van der Waals surface area contributed by atoms with Crippen LogP contribution in [0.2, 0.25) is 0 Å². The van der Waals surface area contributed by atoms with E-state index in [4.69, 9.17) is 9.47 Å². The fourth-order valence-electron chi connectivity index (χ4n) is 5.63. The van der Waals surface area contributed by atoms with Crippen LogP contribution in [-0.4, -0.2) is 81.4 Å². The van der Waals surface area contributed by atoms with Crippen molar-refractivity contribution < 1.29 is 24.2 Å². The van der Waals surface area contributed by atoms with E-state index in [-0.39, 0.29) is 23.3 Å². The number of piperidine rings is 1. The van der Waals surface area contributed by atoms with Crippen LogP contribution in [0.15, 0.2) is 12.4 Å². The van der Waals surface area contributed by atoms with Crippen LogP contribution in [0.1, 0.15) is 75.2 Å². The number of ether oxygens (including phenoxy) is 2. The van der Waals surface area contributed by atoms with Gasteiger partial charge in [-0.1, -0.05) is 0 Å². The van der Waals surface area contributed by atoms with E-state index < -0.39 is 6.10 Å². The zero-order chi connectivity index (χ0) is 23.8. The van der Waals surface area contributed by atoms with Crippen molar-refractivity contribution >= 4 is 12.0 Å². The SMILES string of the molecule is CC1(OC(=O)N2CCC3(CC2)CC(CCCOc2cnc(C(=O)N4CC[C@@H](O)C4)cn2)C3)CC1. The number of aliphatic hydroxyl groups excluding tert-OH is 1. The second kappa shape index (κ2) is 9.32. The van der Waals surface area contributed by atoms with E-state index in [0.29, 0.717) is 37.4 Å². The summed E-state index contributed by atoms with van der Waals surface area (Å²) in [6.45, 7) is 5.14. The van der Waals surface area contributed by atoms with Crippen LogP contribution in [0, 0.1) is 11.3 Å². The zero-order valence-electron chi connectivity index (χ0n) is 20.1. The predicted octanol–water partition coefficient (Wildman–Crippen LogP) is 3.02. The number of carbonyl (C=O) groups excluding carboxylic acids is 2. The molecule has 0 aromatic carbocycles. The molecule has 0 unspecified atom stereocenters. The number of carbonyl (C=O) groups is 2. The summed E-state index contributed by atoms with van der Waals surface area (Å²) in [6.07, 6.45) is 11.7. The van der Waals surface area contributed by atoms with Crippen LogP contribution in [0.3, 0.4) is 0 Å². The van der Waals surface area contributed by atoms with E-state index in [0.717, 1.165) is 57.5 Å². The van der Waals surface area contributed by atoms with Gasteiger partial charge < -0.3 is 24.4 Å². The summed E-state index contributed by atoms with van der Waals surface area (Å²) in [5.74, 6) is 0.964. The van der Waals surface area contributed by atoms with Gasteiger partial charge in [0.05, 0.1) is 25.1 Å². The first-order chi connectivity index (χ1) is 16.3. The molecule has 2 saturated heterocycles. The highest BCUT2D eigenvalue weighted by atomic mass is 16.6. The molecule has 186 valence electrons. The van der Waals surface area contributed by atoms with E-state index in [1.807, 2.05) is 11.8 Å². The fourth-order valence-corrected chi connectivity index (χ4v) is 5.63. The van der Waals surface area contributed by atoms with E-state index in [1.54, 1.807) is 4.90 Å². The van der Waals surface area contributed by atoms with Crippen molar-refractivity contribution in [1.82, 2.24) is 19.8 Å². The number of aromatic nitrogens is 2. The highest BCUT2D eigenvalue weighted by Gasteiger charge is 2.47. The quantitative estimate of drug-likeness (QED) is 0.608. The van der Waals surface area contributed by atoms with Crippen molar-refractivity contribution in [1.29, 1.82) is 0 Å². The normalized spacial score (nSPS) is 25.2. The molecule has 5 rings (SSSR count). The number of hydrogen-bond acceptors (Lipinski definition) is 7. The van der Waals surface area contributed by atoms with Gasteiger partial charge in [-0.2, -0.15) is 0 Å². The second-order valence-corrected chi connectivity index (χ2v) is 11.0. The van der Waals surface area contributed by atoms with Crippen molar-refractivity contribution in [3.63, 3.8) is 0 Å². The standard InChI is InChI=1S/C25H36N4O5/c1-24(5-6-24)34-23(32)28-10-7-25(8-11-28)13-18(14-25)3-2-12-33-21-16-26-20(15-27-21)22(31)29-9-4-19(30)17-29/h15-16,18-19,30H,2-14,17H2,1H3/t19-/m1/s1. The van der Waals surface area contributed by atoms with Gasteiger partial charge in [0.25, 0.3) is 5.91 Å². The number of nitrogens with zero attached hydrogens (tertiary/aromatic N) is 4. The number of aliphatic hydroxyl groups is 1. The first-order valence-electron chi connectivity index (χ1n) is 12.7. The molecule has 1 aromatic heterocycles. The molecular formula is C25H36N4O5. The molecule has 34 heavy (non-hydrogen) atoms. The molecule has 4 aliphatic rings. The van der Waals surface area contributed by atoms with Crippen LogP contribution < -0.4 is 4.74 Å². The molecule has 2 aliphatic carbocycles. The van der Waals surface area contributed by atoms with Gasteiger partial charge in [0.2, 0.25) is 5.88 Å². The number of likely N-dealkylation sites (tertiary alicyclic amines) is 2. The summed E-state index contributed by atoms with van der Waals surface area (Å²) < 4.78 is 11.3. The Morgan fingerprint density at radius 1 is 1.09 bits per heavy atom. The molecular weight excluding hydrogens is 436 g/mol. The highest BCUT2D eigenvalue weighted by molar-refractivity contribution is 5.92. The maximum atomic E-state index is 12.4. The van der Waals surface area contributed by atoms with Crippen LogP contribution in [0.5, 0.6) is 5.88 Å². The Hall–Kier alpha value is -2.42. The van der Waals surface area contributed by atoms with Crippen LogP contribution >= 0.6 is 0 Å². The molecule has 4 fully saturated rings. The molecule has 1 aromatic rings. The lowest BCUT2D eigenvalue weighted by atomic mass is 9.56. The van der Waals surface area contributed by atoms with Crippen molar-refractivity contribution in [2.75, 3.05) is 32.8 Å². The predicted molar refractivity (Wildman–Crippen MR) is 123 cm³/mol. The first kappa shape index (κ1) is 23.3. The molecule has 1 N–H and O–H groups in total. The van der Waals surface area contributed by atoms with E-state index in [9.17, 15) is 14.7 Å². The summed E-state index contributed by atoms with van der Waals surface area (Å²) >= 11 is 0. The largest absolute Gasteiger partial charge is 0.477 e. The molecule has 0 bridgehead atoms. The molecule has 2 saturated carbocycles. The summed E-state index contributed by atoms with van der Waals surface area (Å²) in [5, 5.41) is 9.59. The third-order valence-electron chi connectivity index (χ3n) is 8.12. The smallest absolute Gasteiger partial charge is 0.410 e. The molecule has 2 amide bonds. The van der Waals surface area contributed by atoms with Gasteiger partial charge in [-0.25, -0.2) is 14.8 Å². The Balaban J connectivity index is 0.963. The zero-order valence-corrected chi connectivity index (χ0v) is 20.1. The Morgan fingerprint density at radius 2 is 1.85 bits per heavy atom. The number of β-amino-alcohol motifs (C(OH)–C–C–N with tert-alkyl or cyclic N) is 1. The Labute approximate surface area is 200 Å². The maximum Gasteiger partial charge on any atom is 0.410 e. The molecule has 2 aliphatic heterocycles. The number of rotatable bonds is 7. The average molecular weight is 473 g/mol. The third-order valence-corrected chi connectivity index (χ3v) is 8.12. The molecule has 1 atom stereocenters. The van der Waals surface area contributed by atoms with Gasteiger partial charge in [0.15, 0.2) is 0 Å². The summed E-state index contributed by atoms with van der Waals surface area (Å²) in [7, 11) is 0. The summed E-state index contributed by atoms with van der Waals surface area (Å²) in [5.41, 5.74) is 0.506. The van der Waals surface area contributed by atoms with Crippen LogP contribution in [0.25, 0.3) is 0 Å². The van der Waals surface area contributed by atoms with Crippen molar-refractivity contribution in [3.05, 3.63) is 18.1 Å². The van der Waals surface area contributed by atoms with Gasteiger partial charge in [-0.05, 0) is 76.0 Å². The van der Waals surface area contributed by atoms with E-state index >= 15 is 0 Å². The molecule has 3 heterocycles. The lowest BCUT2D eigenvalue weighted by Crippen LogP contribution is -2.49. The Bertz CT molecular complexity index is 887. The molecule has 0 radical (unpaired) electrons. The minimum atomic E-state index is -0.447. The highest BCUT2D eigenvalue weighted by Crippen LogP contribution is 2.54.